The average Bonchev–Trinajstić information content (AvgIpc) is 2.72. The molecule has 2 atom stereocenters. The van der Waals surface area contributed by atoms with Crippen LogP contribution in [0.15, 0.2) is 18.2 Å². The number of hydrogen-bond acceptors (Lipinski definition) is 2. The highest BCUT2D eigenvalue weighted by molar-refractivity contribution is 6.18. The van der Waals surface area contributed by atoms with Crippen molar-refractivity contribution >= 4 is 17.5 Å². The number of phenolic OH excluding ortho intramolecular Hbond substituents is 1. The van der Waals surface area contributed by atoms with Gasteiger partial charge in [0.15, 0.2) is 0 Å². The summed E-state index contributed by atoms with van der Waals surface area (Å²) in [4.78, 5) is 13.9. The summed E-state index contributed by atoms with van der Waals surface area (Å²) in [5.41, 5.74) is -0.000725. The Labute approximate surface area is 110 Å². The summed E-state index contributed by atoms with van der Waals surface area (Å²) < 4.78 is 13.1. The van der Waals surface area contributed by atoms with Crippen LogP contribution in [0.3, 0.4) is 0 Å². The van der Waals surface area contributed by atoms with Crippen LogP contribution in [-0.2, 0) is 0 Å². The van der Waals surface area contributed by atoms with Gasteiger partial charge in [-0.25, -0.2) is 4.39 Å². The molecule has 0 aliphatic carbocycles. The van der Waals surface area contributed by atoms with Gasteiger partial charge in [0, 0.05) is 18.5 Å². The molecule has 0 radical (unpaired) electrons. The number of aromatic hydroxyl groups is 1. The van der Waals surface area contributed by atoms with Gasteiger partial charge in [-0.15, -0.1) is 11.6 Å². The molecule has 98 valence electrons. The number of carbonyl (C=O) groups is 1. The van der Waals surface area contributed by atoms with E-state index in [2.05, 4.69) is 0 Å². The van der Waals surface area contributed by atoms with Crippen LogP contribution in [-0.4, -0.2) is 34.4 Å². The van der Waals surface area contributed by atoms with Crippen molar-refractivity contribution in [3.63, 3.8) is 0 Å². The molecule has 18 heavy (non-hydrogen) atoms. The Hall–Kier alpha value is -1.29. The molecule has 0 spiro atoms. The van der Waals surface area contributed by atoms with Crippen LogP contribution in [0.4, 0.5) is 4.39 Å². The number of alkyl halides is 1. The first-order valence-electron chi connectivity index (χ1n) is 5.90. The third-order valence-corrected chi connectivity index (χ3v) is 3.81. The zero-order valence-electron chi connectivity index (χ0n) is 10.1. The highest BCUT2D eigenvalue weighted by Gasteiger charge is 2.35. The standard InChI is InChI=1S/C13H15ClFNO2/c1-8-4-5-16(11(8)7-14)13(18)10-6-9(15)2-3-12(10)17/h2-3,6,8,11,17H,4-5,7H2,1H3. The van der Waals surface area contributed by atoms with Crippen LogP contribution in [0.25, 0.3) is 0 Å². The molecule has 5 heteroatoms. The lowest BCUT2D eigenvalue weighted by Crippen LogP contribution is -2.38. The van der Waals surface area contributed by atoms with Gasteiger partial charge in [-0.1, -0.05) is 6.92 Å². The van der Waals surface area contributed by atoms with Crippen molar-refractivity contribution in [2.75, 3.05) is 12.4 Å². The monoisotopic (exact) mass is 271 g/mol. The first kappa shape index (κ1) is 13.1. The number of amides is 1. The molecular formula is C13H15ClFNO2. The summed E-state index contributed by atoms with van der Waals surface area (Å²) in [5.74, 6) is -0.424. The molecule has 2 unspecified atom stereocenters. The molecule has 1 aromatic rings. The number of likely N-dealkylation sites (tertiary alicyclic amines) is 1. The number of carbonyl (C=O) groups excluding carboxylic acids is 1. The minimum atomic E-state index is -0.536. The highest BCUT2D eigenvalue weighted by Crippen LogP contribution is 2.29. The Bertz CT molecular complexity index is 466. The van der Waals surface area contributed by atoms with Crippen molar-refractivity contribution in [1.82, 2.24) is 4.90 Å². The second-order valence-electron chi connectivity index (χ2n) is 4.65. The molecule has 1 amide bonds. The van der Waals surface area contributed by atoms with Crippen molar-refractivity contribution in [2.24, 2.45) is 5.92 Å². The van der Waals surface area contributed by atoms with Crippen LogP contribution in [0.2, 0.25) is 0 Å². The molecule has 1 aliphatic heterocycles. The van der Waals surface area contributed by atoms with E-state index in [0.29, 0.717) is 18.3 Å². The maximum absolute atomic E-state index is 13.1. The van der Waals surface area contributed by atoms with Crippen LogP contribution in [0.1, 0.15) is 23.7 Å². The molecule has 3 nitrogen and oxygen atoms in total. The second-order valence-corrected chi connectivity index (χ2v) is 4.96. The fourth-order valence-electron chi connectivity index (χ4n) is 2.33. The Morgan fingerprint density at radius 1 is 1.61 bits per heavy atom. The average molecular weight is 272 g/mol. The lowest BCUT2D eigenvalue weighted by molar-refractivity contribution is 0.0733. The first-order chi connectivity index (χ1) is 8.54. The molecule has 1 aliphatic rings. The van der Waals surface area contributed by atoms with E-state index in [-0.39, 0.29) is 23.3 Å². The smallest absolute Gasteiger partial charge is 0.258 e. The topological polar surface area (TPSA) is 40.5 Å². The molecule has 0 saturated carbocycles. The molecule has 1 N–H and O–H groups in total. The maximum Gasteiger partial charge on any atom is 0.258 e. The van der Waals surface area contributed by atoms with E-state index in [4.69, 9.17) is 11.6 Å². The zero-order chi connectivity index (χ0) is 13.3. The van der Waals surface area contributed by atoms with E-state index in [1.54, 1.807) is 4.90 Å². The van der Waals surface area contributed by atoms with E-state index >= 15 is 0 Å². The van der Waals surface area contributed by atoms with Gasteiger partial charge in [-0.05, 0) is 30.5 Å². The summed E-state index contributed by atoms with van der Waals surface area (Å²) in [6.07, 6.45) is 0.874. The normalized spacial score (nSPS) is 23.4. The summed E-state index contributed by atoms with van der Waals surface area (Å²) in [6.45, 7) is 2.62. The highest BCUT2D eigenvalue weighted by atomic mass is 35.5. The van der Waals surface area contributed by atoms with Gasteiger partial charge in [0.1, 0.15) is 11.6 Å². The lowest BCUT2D eigenvalue weighted by atomic mass is 10.0. The summed E-state index contributed by atoms with van der Waals surface area (Å²) in [7, 11) is 0. The third kappa shape index (κ3) is 2.29. The Balaban J connectivity index is 2.28. The van der Waals surface area contributed by atoms with E-state index in [1.807, 2.05) is 6.92 Å². The van der Waals surface area contributed by atoms with E-state index < -0.39 is 5.82 Å². The fraction of sp³-hybridized carbons (Fsp3) is 0.462. The number of halogens is 2. The van der Waals surface area contributed by atoms with Crippen LogP contribution < -0.4 is 0 Å². The lowest BCUT2D eigenvalue weighted by Gasteiger charge is -2.25. The largest absolute Gasteiger partial charge is 0.507 e. The van der Waals surface area contributed by atoms with E-state index in [9.17, 15) is 14.3 Å². The second kappa shape index (κ2) is 5.14. The predicted molar refractivity (Wildman–Crippen MR) is 67.4 cm³/mol. The molecular weight excluding hydrogens is 257 g/mol. The van der Waals surface area contributed by atoms with Crippen molar-refractivity contribution in [3.05, 3.63) is 29.6 Å². The SMILES string of the molecule is CC1CCN(C(=O)c2cc(F)ccc2O)C1CCl. The number of rotatable bonds is 2. The van der Waals surface area contributed by atoms with Crippen molar-refractivity contribution in [2.45, 2.75) is 19.4 Å². The Morgan fingerprint density at radius 3 is 3.00 bits per heavy atom. The summed E-state index contributed by atoms with van der Waals surface area (Å²) in [5, 5.41) is 9.64. The minimum Gasteiger partial charge on any atom is -0.507 e. The Morgan fingerprint density at radius 2 is 2.33 bits per heavy atom. The van der Waals surface area contributed by atoms with Crippen molar-refractivity contribution < 1.29 is 14.3 Å². The number of nitrogens with zero attached hydrogens (tertiary/aromatic N) is 1. The third-order valence-electron chi connectivity index (χ3n) is 3.49. The maximum atomic E-state index is 13.1. The molecule has 2 rings (SSSR count). The summed E-state index contributed by atoms with van der Waals surface area (Å²) >= 11 is 5.87. The number of hydrogen-bond donors (Lipinski definition) is 1. The summed E-state index contributed by atoms with van der Waals surface area (Å²) in [6, 6.07) is 3.32. The van der Waals surface area contributed by atoms with Crippen LogP contribution in [0, 0.1) is 11.7 Å². The van der Waals surface area contributed by atoms with Crippen LogP contribution in [0.5, 0.6) is 5.75 Å². The predicted octanol–water partition coefficient (Wildman–Crippen LogP) is 2.62. The van der Waals surface area contributed by atoms with E-state index in [0.717, 1.165) is 18.6 Å². The fourth-order valence-corrected chi connectivity index (χ4v) is 2.80. The molecule has 1 heterocycles. The van der Waals surface area contributed by atoms with Gasteiger partial charge >= 0.3 is 0 Å². The van der Waals surface area contributed by atoms with Gasteiger partial charge in [0.05, 0.1) is 5.56 Å². The molecule has 0 bridgehead atoms. The molecule has 0 aromatic heterocycles. The Kier molecular flexibility index (Phi) is 3.76. The van der Waals surface area contributed by atoms with Crippen molar-refractivity contribution in [1.29, 1.82) is 0 Å². The molecule has 1 aromatic carbocycles. The van der Waals surface area contributed by atoms with Gasteiger partial charge < -0.3 is 10.0 Å². The number of phenols is 1. The minimum absolute atomic E-state index is 0.000725. The zero-order valence-corrected chi connectivity index (χ0v) is 10.8. The van der Waals surface area contributed by atoms with Gasteiger partial charge in [-0.2, -0.15) is 0 Å². The first-order valence-corrected chi connectivity index (χ1v) is 6.43. The van der Waals surface area contributed by atoms with Crippen LogP contribution >= 0.6 is 11.6 Å². The molecule has 1 saturated heterocycles. The van der Waals surface area contributed by atoms with Gasteiger partial charge in [0.25, 0.3) is 5.91 Å². The van der Waals surface area contributed by atoms with E-state index in [1.165, 1.54) is 6.07 Å². The quantitative estimate of drug-likeness (QED) is 0.840. The molecule has 1 fully saturated rings. The van der Waals surface area contributed by atoms with Crippen molar-refractivity contribution in [3.8, 4) is 5.75 Å². The van der Waals surface area contributed by atoms with Gasteiger partial charge in [-0.3, -0.25) is 4.79 Å². The number of benzene rings is 1. The van der Waals surface area contributed by atoms with Gasteiger partial charge in [0.2, 0.25) is 0 Å².